The van der Waals surface area contributed by atoms with Gasteiger partial charge in [0.05, 0.1) is 17.7 Å². The van der Waals surface area contributed by atoms with Crippen molar-refractivity contribution in [3.63, 3.8) is 0 Å². The van der Waals surface area contributed by atoms with Gasteiger partial charge in [-0.25, -0.2) is 4.79 Å². The van der Waals surface area contributed by atoms with E-state index in [4.69, 9.17) is 9.57 Å². The Labute approximate surface area is 173 Å². The predicted octanol–water partition coefficient (Wildman–Crippen LogP) is 5.29. The Kier molecular flexibility index (Phi) is 9.38. The Morgan fingerprint density at radius 1 is 0.862 bits per heavy atom. The van der Waals surface area contributed by atoms with Gasteiger partial charge in [0.15, 0.2) is 11.5 Å². The number of hydrogen-bond acceptors (Lipinski definition) is 5. The highest BCUT2D eigenvalue weighted by molar-refractivity contribution is 6.16. The fourth-order valence-electron chi connectivity index (χ4n) is 3.01. The summed E-state index contributed by atoms with van der Waals surface area (Å²) < 4.78 is 5.45. The van der Waals surface area contributed by atoms with E-state index < -0.39 is 5.97 Å². The number of benzene rings is 2. The average Bonchev–Trinajstić information content (AvgIpc) is 2.77. The van der Waals surface area contributed by atoms with Crippen molar-refractivity contribution in [2.75, 3.05) is 19.7 Å². The van der Waals surface area contributed by atoms with Crippen molar-refractivity contribution in [2.24, 2.45) is 0 Å². The molecule has 2 aromatic rings. The molecule has 2 rings (SSSR count). The van der Waals surface area contributed by atoms with E-state index in [1.807, 2.05) is 19.9 Å². The number of unbranched alkanes of at least 4 members (excludes halogenated alkanes) is 3. The van der Waals surface area contributed by atoms with Gasteiger partial charge in [0.1, 0.15) is 0 Å². The van der Waals surface area contributed by atoms with Crippen molar-refractivity contribution in [2.45, 2.75) is 46.5 Å². The van der Waals surface area contributed by atoms with Crippen LogP contribution in [-0.2, 0) is 4.74 Å². The molecule has 0 unspecified atom stereocenters. The second-order valence-corrected chi connectivity index (χ2v) is 6.78. The molecule has 0 aliphatic rings. The number of nitrogens with zero attached hydrogens (tertiary/aromatic N) is 1. The van der Waals surface area contributed by atoms with Gasteiger partial charge < -0.3 is 9.57 Å². The maximum absolute atomic E-state index is 13.3. The minimum atomic E-state index is -0.495. The van der Waals surface area contributed by atoms with Crippen LogP contribution in [0.25, 0.3) is 0 Å². The monoisotopic (exact) mass is 397 g/mol. The first kappa shape index (κ1) is 22.6. The number of hydroxylamine groups is 2. The largest absolute Gasteiger partial charge is 0.462 e. The number of carbonyl (C=O) groups is 2. The van der Waals surface area contributed by atoms with Crippen LogP contribution in [0.1, 0.15) is 72.7 Å². The number of ether oxygens (including phenoxy) is 1. The Hall–Kier alpha value is -2.66. The molecule has 156 valence electrons. The summed E-state index contributed by atoms with van der Waals surface area (Å²) in [4.78, 5) is 32.0. The number of rotatable bonds is 12. The van der Waals surface area contributed by atoms with E-state index in [2.05, 4.69) is 6.92 Å². The van der Waals surface area contributed by atoms with Crippen LogP contribution in [0, 0.1) is 0 Å². The maximum Gasteiger partial charge on any atom is 0.339 e. The summed E-state index contributed by atoms with van der Waals surface area (Å²) >= 11 is 0. The predicted molar refractivity (Wildman–Crippen MR) is 114 cm³/mol. The van der Waals surface area contributed by atoms with Crippen LogP contribution in [-0.4, -0.2) is 36.5 Å². The molecule has 0 N–H and O–H groups in total. The fourth-order valence-corrected chi connectivity index (χ4v) is 3.01. The number of ketones is 1. The first-order valence-corrected chi connectivity index (χ1v) is 10.4. The molecule has 5 nitrogen and oxygen atoms in total. The zero-order valence-electron chi connectivity index (χ0n) is 17.6. The van der Waals surface area contributed by atoms with Gasteiger partial charge in [0.2, 0.25) is 0 Å². The van der Waals surface area contributed by atoms with Crippen molar-refractivity contribution < 1.29 is 19.2 Å². The summed E-state index contributed by atoms with van der Waals surface area (Å²) in [6.07, 6.45) is 4.07. The molecule has 0 saturated heterocycles. The van der Waals surface area contributed by atoms with Crippen molar-refractivity contribution in [3.8, 4) is 5.75 Å². The van der Waals surface area contributed by atoms with Crippen LogP contribution in [0.5, 0.6) is 5.75 Å². The summed E-state index contributed by atoms with van der Waals surface area (Å²) in [6.45, 7) is 7.73. The zero-order valence-corrected chi connectivity index (χ0v) is 17.6. The van der Waals surface area contributed by atoms with Crippen LogP contribution >= 0.6 is 0 Å². The van der Waals surface area contributed by atoms with Gasteiger partial charge >= 0.3 is 5.97 Å². The molecule has 0 bridgehead atoms. The zero-order chi connectivity index (χ0) is 21.1. The van der Waals surface area contributed by atoms with Gasteiger partial charge in [0, 0.05) is 18.7 Å². The maximum atomic E-state index is 13.3. The molecule has 0 radical (unpaired) electrons. The van der Waals surface area contributed by atoms with Crippen molar-refractivity contribution >= 4 is 11.8 Å². The third-order valence-corrected chi connectivity index (χ3v) is 4.67. The summed E-state index contributed by atoms with van der Waals surface area (Å²) in [5.74, 6) is -0.389. The molecule has 0 saturated carbocycles. The fraction of sp³-hybridized carbons (Fsp3) is 0.417. The third kappa shape index (κ3) is 6.43. The molecular weight excluding hydrogens is 366 g/mol. The number of carbonyl (C=O) groups excluding carboxylic acids is 2. The Bertz CT molecular complexity index is 785. The lowest BCUT2D eigenvalue weighted by atomic mass is 9.97. The highest BCUT2D eigenvalue weighted by atomic mass is 16.7. The van der Waals surface area contributed by atoms with Crippen LogP contribution in [0.3, 0.4) is 0 Å². The van der Waals surface area contributed by atoms with Gasteiger partial charge in [-0.15, -0.1) is 5.06 Å². The normalized spacial score (nSPS) is 10.8. The lowest BCUT2D eigenvalue weighted by Gasteiger charge is -2.21. The topological polar surface area (TPSA) is 55.8 Å². The molecule has 0 fully saturated rings. The highest BCUT2D eigenvalue weighted by Crippen LogP contribution is 2.27. The van der Waals surface area contributed by atoms with E-state index in [0.29, 0.717) is 31.0 Å². The molecule has 29 heavy (non-hydrogen) atoms. The summed E-state index contributed by atoms with van der Waals surface area (Å²) in [6, 6.07) is 14.0. The van der Waals surface area contributed by atoms with E-state index in [1.54, 1.807) is 47.5 Å². The quantitative estimate of drug-likeness (QED) is 0.211. The Balaban J connectivity index is 2.34. The average molecular weight is 398 g/mol. The van der Waals surface area contributed by atoms with Gasteiger partial charge in [0.25, 0.3) is 0 Å². The van der Waals surface area contributed by atoms with Gasteiger partial charge in [-0.1, -0.05) is 62.6 Å². The number of esters is 1. The summed E-state index contributed by atoms with van der Waals surface area (Å²) in [7, 11) is 0. The second kappa shape index (κ2) is 12.0. The molecule has 0 aromatic heterocycles. The van der Waals surface area contributed by atoms with E-state index in [-0.39, 0.29) is 16.9 Å². The lowest BCUT2D eigenvalue weighted by Crippen LogP contribution is -2.28. The molecular formula is C24H31NO4. The van der Waals surface area contributed by atoms with E-state index in [0.717, 1.165) is 25.7 Å². The minimum absolute atomic E-state index is 0.235. The van der Waals surface area contributed by atoms with Gasteiger partial charge in [-0.3, -0.25) is 4.79 Å². The van der Waals surface area contributed by atoms with E-state index in [1.165, 1.54) is 0 Å². The summed E-state index contributed by atoms with van der Waals surface area (Å²) in [5.41, 5.74) is 0.975. The lowest BCUT2D eigenvalue weighted by molar-refractivity contribution is -0.0492. The van der Waals surface area contributed by atoms with Gasteiger partial charge in [-0.2, -0.15) is 0 Å². The van der Waals surface area contributed by atoms with Crippen LogP contribution in [0.2, 0.25) is 0 Å². The smallest absolute Gasteiger partial charge is 0.339 e. The minimum Gasteiger partial charge on any atom is -0.462 e. The first-order valence-electron chi connectivity index (χ1n) is 10.4. The molecule has 5 heteroatoms. The molecule has 2 aromatic carbocycles. The van der Waals surface area contributed by atoms with E-state index in [9.17, 15) is 9.59 Å². The molecule has 0 amide bonds. The van der Waals surface area contributed by atoms with Crippen molar-refractivity contribution in [3.05, 3.63) is 65.2 Å². The van der Waals surface area contributed by atoms with Crippen LogP contribution in [0.4, 0.5) is 0 Å². The number of hydrogen-bond donors (Lipinski definition) is 0. The first-order chi connectivity index (χ1) is 14.1. The standard InChI is InChI=1S/C24H31NO4/c1-4-7-8-12-18-28-24(27)20-16-13-17-21(29-25(5-2)6-3)22(20)23(26)19-14-10-9-11-15-19/h9-11,13-17H,4-8,12,18H2,1-3H3. The Morgan fingerprint density at radius 2 is 1.59 bits per heavy atom. The van der Waals surface area contributed by atoms with Crippen LogP contribution in [0.15, 0.2) is 48.5 Å². The van der Waals surface area contributed by atoms with Gasteiger partial charge in [-0.05, 0) is 32.4 Å². The molecule has 0 aliphatic carbocycles. The van der Waals surface area contributed by atoms with Crippen molar-refractivity contribution in [1.29, 1.82) is 0 Å². The van der Waals surface area contributed by atoms with Crippen LogP contribution < -0.4 is 4.84 Å². The molecule has 0 atom stereocenters. The summed E-state index contributed by atoms with van der Waals surface area (Å²) in [5, 5.41) is 1.73. The molecule has 0 spiro atoms. The Morgan fingerprint density at radius 3 is 2.24 bits per heavy atom. The molecule has 0 heterocycles. The highest BCUT2D eigenvalue weighted by Gasteiger charge is 2.25. The second-order valence-electron chi connectivity index (χ2n) is 6.78. The van der Waals surface area contributed by atoms with E-state index >= 15 is 0 Å². The van der Waals surface area contributed by atoms with Crippen molar-refractivity contribution in [1.82, 2.24) is 5.06 Å². The molecule has 0 aliphatic heterocycles. The SMILES string of the molecule is CCCCCCOC(=O)c1cccc(ON(CC)CC)c1C(=O)c1ccccc1. The third-order valence-electron chi connectivity index (χ3n) is 4.67.